The van der Waals surface area contributed by atoms with Crippen LogP contribution in [0.1, 0.15) is 6.42 Å². The van der Waals surface area contributed by atoms with Crippen molar-refractivity contribution in [1.29, 1.82) is 0 Å². The average molecular weight is 183 g/mol. The molecule has 1 saturated heterocycles. The van der Waals surface area contributed by atoms with Gasteiger partial charge < -0.3 is 10.0 Å². The van der Waals surface area contributed by atoms with Gasteiger partial charge in [0.2, 0.25) is 5.95 Å². The number of anilines is 1. The van der Waals surface area contributed by atoms with E-state index in [2.05, 4.69) is 9.97 Å². The van der Waals surface area contributed by atoms with Crippen molar-refractivity contribution in [1.82, 2.24) is 9.97 Å². The Balaban J connectivity index is 2.13. The minimum Gasteiger partial charge on any atom is -0.391 e. The van der Waals surface area contributed by atoms with Crippen molar-refractivity contribution in [2.24, 2.45) is 0 Å². The summed E-state index contributed by atoms with van der Waals surface area (Å²) in [6.45, 7) is 1.26. The molecule has 0 amide bonds. The van der Waals surface area contributed by atoms with Gasteiger partial charge in [-0.05, 0) is 6.42 Å². The highest BCUT2D eigenvalue weighted by atomic mass is 19.1. The molecule has 1 aromatic rings. The SMILES string of the molecule is O[C@@H]1CCN(c2ncc(F)cn2)C1. The summed E-state index contributed by atoms with van der Waals surface area (Å²) in [7, 11) is 0. The van der Waals surface area contributed by atoms with Gasteiger partial charge in [-0.3, -0.25) is 0 Å². The summed E-state index contributed by atoms with van der Waals surface area (Å²) in [5.41, 5.74) is 0. The monoisotopic (exact) mass is 183 g/mol. The Labute approximate surface area is 75.0 Å². The Morgan fingerprint density at radius 1 is 1.46 bits per heavy atom. The standard InChI is InChI=1S/C8H10FN3O/c9-6-3-10-8(11-4-6)12-2-1-7(13)5-12/h3-4,7,13H,1-2,5H2/t7-/m1/s1. The topological polar surface area (TPSA) is 49.2 Å². The second-order valence-electron chi connectivity index (χ2n) is 3.09. The lowest BCUT2D eigenvalue weighted by atomic mass is 10.3. The Morgan fingerprint density at radius 2 is 2.15 bits per heavy atom. The molecule has 1 atom stereocenters. The van der Waals surface area contributed by atoms with Gasteiger partial charge in [0, 0.05) is 13.1 Å². The van der Waals surface area contributed by atoms with Crippen LogP contribution in [0.5, 0.6) is 0 Å². The molecule has 0 aromatic carbocycles. The second kappa shape index (κ2) is 3.26. The Hall–Kier alpha value is -1.23. The zero-order valence-electron chi connectivity index (χ0n) is 7.02. The van der Waals surface area contributed by atoms with E-state index in [9.17, 15) is 9.50 Å². The summed E-state index contributed by atoms with van der Waals surface area (Å²) in [5, 5.41) is 9.24. The first-order valence-electron chi connectivity index (χ1n) is 4.16. The number of rotatable bonds is 1. The number of aliphatic hydroxyl groups excluding tert-OH is 1. The van der Waals surface area contributed by atoms with Crippen LogP contribution >= 0.6 is 0 Å². The molecule has 2 heterocycles. The molecule has 1 aromatic heterocycles. The summed E-state index contributed by atoms with van der Waals surface area (Å²) in [6.07, 6.45) is 2.68. The van der Waals surface area contributed by atoms with E-state index >= 15 is 0 Å². The van der Waals surface area contributed by atoms with Gasteiger partial charge in [0.05, 0.1) is 18.5 Å². The first-order chi connectivity index (χ1) is 6.25. The zero-order valence-corrected chi connectivity index (χ0v) is 7.02. The molecular formula is C8H10FN3O. The lowest BCUT2D eigenvalue weighted by Gasteiger charge is -2.13. The fraction of sp³-hybridized carbons (Fsp3) is 0.500. The van der Waals surface area contributed by atoms with E-state index in [1.165, 1.54) is 0 Å². The number of aliphatic hydroxyl groups is 1. The van der Waals surface area contributed by atoms with E-state index in [1.54, 1.807) is 0 Å². The van der Waals surface area contributed by atoms with E-state index in [0.29, 0.717) is 12.5 Å². The van der Waals surface area contributed by atoms with Crippen LogP contribution in [-0.4, -0.2) is 34.3 Å². The molecule has 0 saturated carbocycles. The molecule has 13 heavy (non-hydrogen) atoms. The van der Waals surface area contributed by atoms with Gasteiger partial charge in [0.1, 0.15) is 0 Å². The molecule has 1 N–H and O–H groups in total. The molecule has 0 radical (unpaired) electrons. The minimum absolute atomic E-state index is 0.311. The number of β-amino-alcohol motifs (C(OH)–C–C–N with tert-alkyl or cyclic N) is 1. The molecule has 1 aliphatic rings. The largest absolute Gasteiger partial charge is 0.391 e. The highest BCUT2D eigenvalue weighted by Gasteiger charge is 2.21. The van der Waals surface area contributed by atoms with Crippen molar-refractivity contribution in [2.45, 2.75) is 12.5 Å². The summed E-state index contributed by atoms with van der Waals surface area (Å²) in [4.78, 5) is 9.48. The third kappa shape index (κ3) is 1.75. The van der Waals surface area contributed by atoms with Crippen LogP contribution in [0.25, 0.3) is 0 Å². The first kappa shape index (κ1) is 8.37. The Morgan fingerprint density at radius 3 is 2.69 bits per heavy atom. The number of hydrogen-bond acceptors (Lipinski definition) is 4. The van der Waals surface area contributed by atoms with Gasteiger partial charge in [-0.15, -0.1) is 0 Å². The van der Waals surface area contributed by atoms with Crippen LogP contribution in [0, 0.1) is 5.82 Å². The van der Waals surface area contributed by atoms with Gasteiger partial charge in [-0.25, -0.2) is 14.4 Å². The summed E-state index contributed by atoms with van der Waals surface area (Å²) in [6, 6.07) is 0. The molecule has 1 aliphatic heterocycles. The lowest BCUT2D eigenvalue weighted by Crippen LogP contribution is -2.23. The van der Waals surface area contributed by atoms with Crippen molar-refractivity contribution < 1.29 is 9.50 Å². The van der Waals surface area contributed by atoms with E-state index < -0.39 is 5.82 Å². The third-order valence-electron chi connectivity index (χ3n) is 2.05. The normalized spacial score (nSPS) is 22.3. The molecule has 5 heteroatoms. The van der Waals surface area contributed by atoms with E-state index in [0.717, 1.165) is 25.4 Å². The average Bonchev–Trinajstić information content (AvgIpc) is 2.53. The number of hydrogen-bond donors (Lipinski definition) is 1. The quantitative estimate of drug-likeness (QED) is 0.675. The van der Waals surface area contributed by atoms with Crippen LogP contribution < -0.4 is 4.90 Å². The second-order valence-corrected chi connectivity index (χ2v) is 3.09. The fourth-order valence-corrected chi connectivity index (χ4v) is 1.39. The van der Waals surface area contributed by atoms with E-state index in [1.807, 2.05) is 4.90 Å². The van der Waals surface area contributed by atoms with Crippen LogP contribution in [0.2, 0.25) is 0 Å². The molecule has 2 rings (SSSR count). The predicted octanol–water partition coefficient (Wildman–Crippen LogP) is 0.187. The van der Waals surface area contributed by atoms with Gasteiger partial charge in [-0.2, -0.15) is 0 Å². The highest BCUT2D eigenvalue weighted by Crippen LogP contribution is 2.14. The van der Waals surface area contributed by atoms with Gasteiger partial charge in [0.15, 0.2) is 5.82 Å². The van der Waals surface area contributed by atoms with E-state index in [4.69, 9.17) is 0 Å². The highest BCUT2D eigenvalue weighted by molar-refractivity contribution is 5.30. The summed E-state index contributed by atoms with van der Waals surface area (Å²) in [5.74, 6) is 0.0430. The van der Waals surface area contributed by atoms with Gasteiger partial charge >= 0.3 is 0 Å². The molecule has 70 valence electrons. The van der Waals surface area contributed by atoms with Crippen LogP contribution in [-0.2, 0) is 0 Å². The lowest BCUT2D eigenvalue weighted by molar-refractivity contribution is 0.198. The molecular weight excluding hydrogens is 173 g/mol. The maximum atomic E-state index is 12.5. The Kier molecular flexibility index (Phi) is 2.10. The van der Waals surface area contributed by atoms with Crippen molar-refractivity contribution in [2.75, 3.05) is 18.0 Å². The Bertz CT molecular complexity index is 290. The molecule has 4 nitrogen and oxygen atoms in total. The molecule has 0 spiro atoms. The maximum absolute atomic E-state index is 12.5. The van der Waals surface area contributed by atoms with Crippen LogP contribution in [0.15, 0.2) is 12.4 Å². The summed E-state index contributed by atoms with van der Waals surface area (Å²) >= 11 is 0. The van der Waals surface area contributed by atoms with Crippen LogP contribution in [0.4, 0.5) is 10.3 Å². The maximum Gasteiger partial charge on any atom is 0.225 e. The number of aromatic nitrogens is 2. The molecule has 0 bridgehead atoms. The number of halogens is 1. The summed E-state index contributed by atoms with van der Waals surface area (Å²) < 4.78 is 12.5. The van der Waals surface area contributed by atoms with Crippen molar-refractivity contribution in [3.05, 3.63) is 18.2 Å². The third-order valence-corrected chi connectivity index (χ3v) is 2.05. The smallest absolute Gasteiger partial charge is 0.225 e. The molecule has 0 unspecified atom stereocenters. The fourth-order valence-electron chi connectivity index (χ4n) is 1.39. The predicted molar refractivity (Wildman–Crippen MR) is 44.8 cm³/mol. The minimum atomic E-state index is -0.441. The first-order valence-corrected chi connectivity index (χ1v) is 4.16. The number of nitrogens with zero attached hydrogens (tertiary/aromatic N) is 3. The van der Waals surface area contributed by atoms with Crippen LogP contribution in [0.3, 0.4) is 0 Å². The molecule has 0 aliphatic carbocycles. The molecule has 1 fully saturated rings. The van der Waals surface area contributed by atoms with Gasteiger partial charge in [0.25, 0.3) is 0 Å². The van der Waals surface area contributed by atoms with E-state index in [-0.39, 0.29) is 6.10 Å². The van der Waals surface area contributed by atoms with Crippen molar-refractivity contribution in [3.63, 3.8) is 0 Å². The van der Waals surface area contributed by atoms with Crippen molar-refractivity contribution >= 4 is 5.95 Å². The van der Waals surface area contributed by atoms with Gasteiger partial charge in [-0.1, -0.05) is 0 Å². The van der Waals surface area contributed by atoms with Crippen molar-refractivity contribution in [3.8, 4) is 0 Å². The zero-order chi connectivity index (χ0) is 9.26.